The quantitative estimate of drug-likeness (QED) is 0.588. The maximum atomic E-state index is 13.8. The monoisotopic (exact) mass is 188 g/mol. The van der Waals surface area contributed by atoms with Crippen LogP contribution in [0.25, 0.3) is 10.8 Å². The molecular formula is C13H13F. The zero-order chi connectivity index (χ0) is 10.3. The van der Waals surface area contributed by atoms with Gasteiger partial charge in [0.25, 0.3) is 0 Å². The van der Waals surface area contributed by atoms with Crippen LogP contribution in [0.3, 0.4) is 0 Å². The van der Waals surface area contributed by atoms with Crippen LogP contribution < -0.4 is 0 Å². The fraction of sp³-hybridized carbons (Fsp3) is 0.231. The summed E-state index contributed by atoms with van der Waals surface area (Å²) in [6.45, 7) is 5.75. The van der Waals surface area contributed by atoms with E-state index in [-0.39, 0.29) is 5.82 Å². The van der Waals surface area contributed by atoms with E-state index < -0.39 is 0 Å². The third-order valence-corrected chi connectivity index (χ3v) is 2.74. The Kier molecular flexibility index (Phi) is 2.03. The summed E-state index contributed by atoms with van der Waals surface area (Å²) < 4.78 is 13.8. The van der Waals surface area contributed by atoms with Crippen LogP contribution in [0.5, 0.6) is 0 Å². The first-order chi connectivity index (χ1) is 6.59. The van der Waals surface area contributed by atoms with Crippen molar-refractivity contribution in [3.8, 4) is 0 Å². The van der Waals surface area contributed by atoms with E-state index in [1.54, 1.807) is 0 Å². The van der Waals surface area contributed by atoms with E-state index in [0.717, 1.165) is 27.5 Å². The van der Waals surface area contributed by atoms with Gasteiger partial charge in [0.15, 0.2) is 0 Å². The molecule has 0 saturated carbocycles. The van der Waals surface area contributed by atoms with Gasteiger partial charge in [-0.2, -0.15) is 0 Å². The minimum Gasteiger partial charge on any atom is -0.206 e. The van der Waals surface area contributed by atoms with Gasteiger partial charge in [-0.05, 0) is 43.4 Å². The molecule has 0 amide bonds. The lowest BCUT2D eigenvalue weighted by molar-refractivity contribution is 0.629. The van der Waals surface area contributed by atoms with Gasteiger partial charge in [-0.1, -0.05) is 23.8 Å². The molecule has 0 fully saturated rings. The fourth-order valence-corrected chi connectivity index (χ4v) is 1.70. The van der Waals surface area contributed by atoms with Crippen LogP contribution in [-0.4, -0.2) is 0 Å². The van der Waals surface area contributed by atoms with Crippen molar-refractivity contribution in [3.05, 3.63) is 46.8 Å². The van der Waals surface area contributed by atoms with Crippen molar-refractivity contribution in [1.29, 1.82) is 0 Å². The largest absolute Gasteiger partial charge is 0.206 e. The van der Waals surface area contributed by atoms with Crippen LogP contribution in [0.2, 0.25) is 0 Å². The normalized spacial score (nSPS) is 10.9. The van der Waals surface area contributed by atoms with Crippen LogP contribution >= 0.6 is 0 Å². The average Bonchev–Trinajstić information content (AvgIpc) is 2.16. The summed E-state index contributed by atoms with van der Waals surface area (Å²) in [5, 5.41) is 1.71. The zero-order valence-corrected chi connectivity index (χ0v) is 8.69. The highest BCUT2D eigenvalue weighted by Crippen LogP contribution is 2.24. The molecule has 2 rings (SSSR count). The molecule has 0 aliphatic rings. The minimum absolute atomic E-state index is 0.0799. The van der Waals surface area contributed by atoms with Gasteiger partial charge < -0.3 is 0 Å². The van der Waals surface area contributed by atoms with E-state index in [9.17, 15) is 4.39 Å². The van der Waals surface area contributed by atoms with Gasteiger partial charge in [0.1, 0.15) is 5.82 Å². The first-order valence-electron chi connectivity index (χ1n) is 4.75. The van der Waals surface area contributed by atoms with Gasteiger partial charge in [-0.25, -0.2) is 4.39 Å². The highest BCUT2D eigenvalue weighted by atomic mass is 19.1. The molecule has 0 aliphatic carbocycles. The first kappa shape index (κ1) is 9.20. The number of rotatable bonds is 0. The molecule has 14 heavy (non-hydrogen) atoms. The zero-order valence-electron chi connectivity index (χ0n) is 8.69. The van der Waals surface area contributed by atoms with Gasteiger partial charge in [0, 0.05) is 5.39 Å². The van der Waals surface area contributed by atoms with Crippen molar-refractivity contribution in [2.45, 2.75) is 20.8 Å². The van der Waals surface area contributed by atoms with E-state index >= 15 is 0 Å². The summed E-state index contributed by atoms with van der Waals surface area (Å²) in [6.07, 6.45) is 0. The second-order valence-electron chi connectivity index (χ2n) is 3.86. The molecule has 0 bridgehead atoms. The molecule has 2 aromatic rings. The number of aryl methyl sites for hydroxylation is 2. The predicted octanol–water partition coefficient (Wildman–Crippen LogP) is 3.90. The van der Waals surface area contributed by atoms with E-state index in [1.165, 1.54) is 0 Å². The Morgan fingerprint density at radius 2 is 1.71 bits per heavy atom. The Morgan fingerprint density at radius 3 is 2.43 bits per heavy atom. The molecule has 0 saturated heterocycles. The molecule has 0 aromatic heterocycles. The number of benzene rings is 2. The number of hydrogen-bond acceptors (Lipinski definition) is 0. The summed E-state index contributed by atoms with van der Waals surface area (Å²) in [4.78, 5) is 0. The lowest BCUT2D eigenvalue weighted by Gasteiger charge is -2.07. The van der Waals surface area contributed by atoms with E-state index in [1.807, 2.05) is 45.0 Å². The van der Waals surface area contributed by atoms with Crippen LogP contribution in [0.4, 0.5) is 4.39 Å². The summed E-state index contributed by atoms with van der Waals surface area (Å²) >= 11 is 0. The molecule has 1 heteroatoms. The SMILES string of the molecule is Cc1ccc2cc(C)c(C)c(F)c2c1. The highest BCUT2D eigenvalue weighted by molar-refractivity contribution is 5.85. The van der Waals surface area contributed by atoms with E-state index in [4.69, 9.17) is 0 Å². The lowest BCUT2D eigenvalue weighted by Crippen LogP contribution is -1.90. The van der Waals surface area contributed by atoms with E-state index in [0.29, 0.717) is 0 Å². The van der Waals surface area contributed by atoms with Gasteiger partial charge >= 0.3 is 0 Å². The molecule has 0 heterocycles. The summed E-state index contributed by atoms with van der Waals surface area (Å²) in [6, 6.07) is 7.92. The Bertz CT molecular complexity index is 498. The Labute approximate surface area is 83.4 Å². The smallest absolute Gasteiger partial charge is 0.134 e. The van der Waals surface area contributed by atoms with Crippen molar-refractivity contribution in [3.63, 3.8) is 0 Å². The van der Waals surface area contributed by atoms with Crippen LogP contribution in [-0.2, 0) is 0 Å². The van der Waals surface area contributed by atoms with Gasteiger partial charge in [-0.15, -0.1) is 0 Å². The third kappa shape index (κ3) is 1.29. The summed E-state index contributed by atoms with van der Waals surface area (Å²) in [7, 11) is 0. The third-order valence-electron chi connectivity index (χ3n) is 2.74. The van der Waals surface area contributed by atoms with Crippen LogP contribution in [0.15, 0.2) is 24.3 Å². The molecule has 2 aromatic carbocycles. The second-order valence-corrected chi connectivity index (χ2v) is 3.86. The fourth-order valence-electron chi connectivity index (χ4n) is 1.70. The standard InChI is InChI=1S/C13H13F/c1-8-4-5-11-7-9(2)10(3)13(14)12(11)6-8/h4-7H,1-3H3. The number of fused-ring (bicyclic) bond motifs is 1. The molecule has 0 atom stereocenters. The molecule has 0 unspecified atom stereocenters. The average molecular weight is 188 g/mol. The Balaban J connectivity index is 2.92. The Morgan fingerprint density at radius 1 is 1.00 bits per heavy atom. The van der Waals surface area contributed by atoms with E-state index in [2.05, 4.69) is 0 Å². The second kappa shape index (κ2) is 3.09. The maximum absolute atomic E-state index is 13.8. The summed E-state index contributed by atoms with van der Waals surface area (Å²) in [5.74, 6) is -0.0799. The van der Waals surface area contributed by atoms with Gasteiger partial charge in [-0.3, -0.25) is 0 Å². The Hall–Kier alpha value is -1.37. The van der Waals surface area contributed by atoms with Crippen LogP contribution in [0.1, 0.15) is 16.7 Å². The molecule has 0 radical (unpaired) electrons. The molecule has 72 valence electrons. The maximum Gasteiger partial charge on any atom is 0.134 e. The lowest BCUT2D eigenvalue weighted by atomic mass is 10.0. The topological polar surface area (TPSA) is 0 Å². The van der Waals surface area contributed by atoms with Crippen molar-refractivity contribution in [2.75, 3.05) is 0 Å². The number of hydrogen-bond donors (Lipinski definition) is 0. The molecular weight excluding hydrogens is 175 g/mol. The number of halogens is 1. The van der Waals surface area contributed by atoms with Crippen molar-refractivity contribution >= 4 is 10.8 Å². The van der Waals surface area contributed by atoms with Crippen molar-refractivity contribution in [1.82, 2.24) is 0 Å². The van der Waals surface area contributed by atoms with Crippen molar-refractivity contribution in [2.24, 2.45) is 0 Å². The summed E-state index contributed by atoms with van der Waals surface area (Å²) in [5.41, 5.74) is 2.86. The molecule has 0 aliphatic heterocycles. The molecule has 0 spiro atoms. The minimum atomic E-state index is -0.0799. The van der Waals surface area contributed by atoms with Gasteiger partial charge in [0.2, 0.25) is 0 Å². The predicted molar refractivity (Wildman–Crippen MR) is 58.1 cm³/mol. The van der Waals surface area contributed by atoms with Crippen LogP contribution in [0, 0.1) is 26.6 Å². The first-order valence-corrected chi connectivity index (χ1v) is 4.75. The molecule has 0 N–H and O–H groups in total. The van der Waals surface area contributed by atoms with Gasteiger partial charge in [0.05, 0.1) is 0 Å². The molecule has 0 nitrogen and oxygen atoms in total. The highest BCUT2D eigenvalue weighted by Gasteiger charge is 2.06. The van der Waals surface area contributed by atoms with Crippen molar-refractivity contribution < 1.29 is 4.39 Å².